The van der Waals surface area contributed by atoms with E-state index in [4.69, 9.17) is 16.9 Å². The van der Waals surface area contributed by atoms with Crippen LogP contribution in [0.15, 0.2) is 17.5 Å². The van der Waals surface area contributed by atoms with Crippen LogP contribution in [0.2, 0.25) is 5.02 Å². The minimum atomic E-state index is 0.638. The van der Waals surface area contributed by atoms with E-state index in [1.165, 1.54) is 5.56 Å². The lowest BCUT2D eigenvalue weighted by Gasteiger charge is -1.98. The minimum absolute atomic E-state index is 0.638. The predicted octanol–water partition coefficient (Wildman–Crippen LogP) is 3.99. The lowest BCUT2D eigenvalue weighted by atomic mass is 10.1. The van der Waals surface area contributed by atoms with Gasteiger partial charge in [0.1, 0.15) is 0 Å². The van der Waals surface area contributed by atoms with Gasteiger partial charge in [-0.15, -0.1) is 11.3 Å². The molecule has 2 aromatic rings. The zero-order valence-electron chi connectivity index (χ0n) is 7.67. The lowest BCUT2D eigenvalue weighted by Crippen LogP contribution is -1.81. The van der Waals surface area contributed by atoms with Crippen LogP contribution in [0, 0.1) is 11.3 Å². The second-order valence-corrected chi connectivity index (χ2v) is 4.40. The highest BCUT2D eigenvalue weighted by atomic mass is 35.5. The van der Waals surface area contributed by atoms with E-state index < -0.39 is 0 Å². The number of fused-ring (bicyclic) bond motifs is 1. The summed E-state index contributed by atoms with van der Waals surface area (Å²) in [6.45, 7) is 2.09. The molecule has 1 nitrogen and oxygen atoms in total. The number of aryl methyl sites for hydroxylation is 1. The molecule has 0 unspecified atom stereocenters. The summed E-state index contributed by atoms with van der Waals surface area (Å²) >= 11 is 7.56. The van der Waals surface area contributed by atoms with E-state index in [0.29, 0.717) is 10.6 Å². The first-order chi connectivity index (χ1) is 6.76. The summed E-state index contributed by atoms with van der Waals surface area (Å²) in [5, 5.41) is 12.8. The molecule has 0 fully saturated rings. The topological polar surface area (TPSA) is 23.8 Å². The summed E-state index contributed by atoms with van der Waals surface area (Å²) in [5.41, 5.74) is 1.92. The number of hydrogen-bond acceptors (Lipinski definition) is 2. The fourth-order valence-electron chi connectivity index (χ4n) is 1.55. The molecule has 0 radical (unpaired) electrons. The number of benzene rings is 1. The fourth-order valence-corrected chi connectivity index (χ4v) is 2.94. The number of halogens is 1. The van der Waals surface area contributed by atoms with Crippen LogP contribution in [0.4, 0.5) is 0 Å². The standard InChI is InChI=1S/C11H8ClNS/c1-2-7-6-14-10-4-9(12)3-8(5-13)11(7)10/h3-4,6H,2H2,1H3. The van der Waals surface area contributed by atoms with Gasteiger partial charge in [-0.05, 0) is 29.5 Å². The van der Waals surface area contributed by atoms with Crippen LogP contribution in [0.5, 0.6) is 0 Å². The SMILES string of the molecule is CCc1csc2cc(Cl)cc(C#N)c12. The Bertz CT molecular complexity index is 522. The molecule has 0 bridgehead atoms. The maximum absolute atomic E-state index is 8.99. The molecule has 0 spiro atoms. The van der Waals surface area contributed by atoms with Crippen molar-refractivity contribution in [2.45, 2.75) is 13.3 Å². The van der Waals surface area contributed by atoms with Crippen LogP contribution in [0.1, 0.15) is 18.1 Å². The van der Waals surface area contributed by atoms with Gasteiger partial charge in [0.25, 0.3) is 0 Å². The molecule has 0 amide bonds. The van der Waals surface area contributed by atoms with Gasteiger partial charge in [0, 0.05) is 15.1 Å². The average molecular weight is 222 g/mol. The van der Waals surface area contributed by atoms with Crippen molar-refractivity contribution in [3.8, 4) is 6.07 Å². The highest BCUT2D eigenvalue weighted by Gasteiger charge is 2.08. The van der Waals surface area contributed by atoms with E-state index in [1.54, 1.807) is 17.4 Å². The molecule has 1 aromatic carbocycles. The van der Waals surface area contributed by atoms with Gasteiger partial charge >= 0.3 is 0 Å². The summed E-state index contributed by atoms with van der Waals surface area (Å²) in [4.78, 5) is 0. The lowest BCUT2D eigenvalue weighted by molar-refractivity contribution is 1.17. The molecule has 14 heavy (non-hydrogen) atoms. The van der Waals surface area contributed by atoms with E-state index in [2.05, 4.69) is 18.4 Å². The first kappa shape index (κ1) is 9.51. The Hall–Kier alpha value is -1.04. The van der Waals surface area contributed by atoms with Crippen molar-refractivity contribution in [3.05, 3.63) is 33.7 Å². The van der Waals surface area contributed by atoms with Crippen molar-refractivity contribution in [1.82, 2.24) is 0 Å². The summed E-state index contributed by atoms with van der Waals surface area (Å²) in [7, 11) is 0. The molecular formula is C11H8ClNS. The quantitative estimate of drug-likeness (QED) is 0.715. The third-order valence-electron chi connectivity index (χ3n) is 2.22. The van der Waals surface area contributed by atoms with Gasteiger partial charge in [-0.2, -0.15) is 5.26 Å². The third kappa shape index (κ3) is 1.39. The van der Waals surface area contributed by atoms with Crippen LogP contribution in [0.25, 0.3) is 10.1 Å². The molecule has 70 valence electrons. The molecule has 2 rings (SSSR count). The Balaban J connectivity index is 2.87. The van der Waals surface area contributed by atoms with Gasteiger partial charge in [-0.1, -0.05) is 18.5 Å². The van der Waals surface area contributed by atoms with E-state index in [9.17, 15) is 0 Å². The van der Waals surface area contributed by atoms with E-state index in [0.717, 1.165) is 16.5 Å². The Morgan fingerprint density at radius 2 is 2.29 bits per heavy atom. The fraction of sp³-hybridized carbons (Fsp3) is 0.182. The smallest absolute Gasteiger partial charge is 0.0999 e. The van der Waals surface area contributed by atoms with Crippen LogP contribution in [-0.2, 0) is 6.42 Å². The van der Waals surface area contributed by atoms with Crippen molar-refractivity contribution in [3.63, 3.8) is 0 Å². The van der Waals surface area contributed by atoms with Crippen LogP contribution in [-0.4, -0.2) is 0 Å². The van der Waals surface area contributed by atoms with Gasteiger partial charge in [0.2, 0.25) is 0 Å². The minimum Gasteiger partial charge on any atom is -0.192 e. The molecule has 0 N–H and O–H groups in total. The van der Waals surface area contributed by atoms with Crippen LogP contribution in [0.3, 0.4) is 0 Å². The summed E-state index contributed by atoms with van der Waals surface area (Å²) in [6, 6.07) is 5.84. The van der Waals surface area contributed by atoms with Crippen molar-refractivity contribution in [1.29, 1.82) is 5.26 Å². The molecule has 1 heterocycles. The molecular weight excluding hydrogens is 214 g/mol. The zero-order chi connectivity index (χ0) is 10.1. The van der Waals surface area contributed by atoms with E-state index >= 15 is 0 Å². The van der Waals surface area contributed by atoms with Gasteiger partial charge in [-0.25, -0.2) is 0 Å². The molecule has 0 atom stereocenters. The highest BCUT2D eigenvalue weighted by molar-refractivity contribution is 7.17. The molecule has 0 aliphatic heterocycles. The Morgan fingerprint density at radius 1 is 1.50 bits per heavy atom. The van der Waals surface area contributed by atoms with Crippen molar-refractivity contribution in [2.24, 2.45) is 0 Å². The number of hydrogen-bond donors (Lipinski definition) is 0. The molecule has 3 heteroatoms. The zero-order valence-corrected chi connectivity index (χ0v) is 9.25. The van der Waals surface area contributed by atoms with E-state index in [1.807, 2.05) is 6.07 Å². The molecule has 0 saturated carbocycles. The maximum Gasteiger partial charge on any atom is 0.0999 e. The van der Waals surface area contributed by atoms with Gasteiger partial charge in [0.05, 0.1) is 11.6 Å². The Morgan fingerprint density at radius 3 is 2.93 bits per heavy atom. The number of thiophene rings is 1. The van der Waals surface area contributed by atoms with Crippen molar-refractivity contribution in [2.75, 3.05) is 0 Å². The molecule has 0 aliphatic carbocycles. The predicted molar refractivity (Wildman–Crippen MR) is 60.9 cm³/mol. The largest absolute Gasteiger partial charge is 0.192 e. The monoisotopic (exact) mass is 221 g/mol. The second kappa shape index (κ2) is 3.61. The van der Waals surface area contributed by atoms with Gasteiger partial charge in [-0.3, -0.25) is 0 Å². The summed E-state index contributed by atoms with van der Waals surface area (Å²) < 4.78 is 1.10. The maximum atomic E-state index is 8.99. The second-order valence-electron chi connectivity index (χ2n) is 3.05. The van der Waals surface area contributed by atoms with Crippen molar-refractivity contribution >= 4 is 33.0 Å². The molecule has 0 saturated heterocycles. The average Bonchev–Trinajstić information content (AvgIpc) is 2.59. The normalized spacial score (nSPS) is 10.4. The van der Waals surface area contributed by atoms with Crippen molar-refractivity contribution < 1.29 is 0 Å². The third-order valence-corrected chi connectivity index (χ3v) is 3.41. The Labute approximate surface area is 91.5 Å². The van der Waals surface area contributed by atoms with Crippen LogP contribution < -0.4 is 0 Å². The first-order valence-corrected chi connectivity index (χ1v) is 5.61. The number of nitrogens with zero attached hydrogens (tertiary/aromatic N) is 1. The number of rotatable bonds is 1. The number of nitriles is 1. The van der Waals surface area contributed by atoms with E-state index in [-0.39, 0.29) is 0 Å². The van der Waals surface area contributed by atoms with Gasteiger partial charge in [0.15, 0.2) is 0 Å². The van der Waals surface area contributed by atoms with Gasteiger partial charge < -0.3 is 0 Å². The summed E-state index contributed by atoms with van der Waals surface area (Å²) in [6.07, 6.45) is 0.955. The first-order valence-electron chi connectivity index (χ1n) is 4.36. The highest BCUT2D eigenvalue weighted by Crippen LogP contribution is 2.31. The molecule has 0 aliphatic rings. The molecule has 1 aromatic heterocycles. The van der Waals surface area contributed by atoms with Crippen LogP contribution >= 0.6 is 22.9 Å². The summed E-state index contributed by atoms with van der Waals surface area (Å²) in [5.74, 6) is 0. The Kier molecular flexibility index (Phi) is 2.45.